The van der Waals surface area contributed by atoms with Crippen LogP contribution in [0.3, 0.4) is 0 Å². The van der Waals surface area contributed by atoms with E-state index in [1.54, 1.807) is 38.3 Å². The van der Waals surface area contributed by atoms with Crippen molar-refractivity contribution in [2.24, 2.45) is 0 Å². The Balaban J connectivity index is 2.11. The molecule has 0 spiro atoms. The van der Waals surface area contributed by atoms with Crippen LogP contribution in [-0.2, 0) is 15.1 Å². The van der Waals surface area contributed by atoms with E-state index < -0.39 is 17.5 Å². The van der Waals surface area contributed by atoms with E-state index >= 15 is 0 Å². The number of rotatable bonds is 7. The summed E-state index contributed by atoms with van der Waals surface area (Å²) in [5, 5.41) is 5.49. The van der Waals surface area contributed by atoms with Crippen LogP contribution in [0.15, 0.2) is 24.3 Å². The predicted octanol–water partition coefficient (Wildman–Crippen LogP) is 1.77. The van der Waals surface area contributed by atoms with Crippen molar-refractivity contribution in [3.8, 4) is 5.75 Å². The number of amides is 4. The molecule has 0 aliphatic carbocycles. The average molecular weight is 347 g/mol. The number of benzene rings is 1. The van der Waals surface area contributed by atoms with E-state index in [1.807, 2.05) is 13.8 Å². The number of ether oxygens (including phenoxy) is 1. The van der Waals surface area contributed by atoms with Gasteiger partial charge in [-0.1, -0.05) is 25.5 Å². The van der Waals surface area contributed by atoms with Gasteiger partial charge in [0.15, 0.2) is 0 Å². The summed E-state index contributed by atoms with van der Waals surface area (Å²) in [7, 11) is 1.55. The number of nitrogens with zero attached hydrogens (tertiary/aromatic N) is 1. The standard InChI is InChI=1S/C18H25N3O4/c1-5-6-12(2)19-15(22)11-21-16(23)18(3,20-17(21)24)13-7-9-14(25-4)10-8-13/h7-10,12H,5-6,11H2,1-4H3,(H,19,22)(H,20,24). The van der Waals surface area contributed by atoms with Crippen LogP contribution >= 0.6 is 0 Å². The molecule has 0 radical (unpaired) electrons. The van der Waals surface area contributed by atoms with Gasteiger partial charge in [-0.15, -0.1) is 0 Å². The first kappa shape index (κ1) is 18.8. The molecule has 1 aliphatic rings. The molecule has 2 rings (SSSR count). The topological polar surface area (TPSA) is 87.7 Å². The first-order valence-electron chi connectivity index (χ1n) is 8.39. The van der Waals surface area contributed by atoms with Crippen molar-refractivity contribution in [2.45, 2.75) is 45.2 Å². The lowest BCUT2D eigenvalue weighted by Crippen LogP contribution is -2.44. The smallest absolute Gasteiger partial charge is 0.325 e. The fourth-order valence-corrected chi connectivity index (χ4v) is 2.93. The van der Waals surface area contributed by atoms with E-state index in [2.05, 4.69) is 10.6 Å². The summed E-state index contributed by atoms with van der Waals surface area (Å²) in [6, 6.07) is 6.34. The maximum absolute atomic E-state index is 12.8. The van der Waals surface area contributed by atoms with Crippen molar-refractivity contribution >= 4 is 17.8 Å². The second-order valence-corrected chi connectivity index (χ2v) is 6.43. The number of imide groups is 1. The summed E-state index contributed by atoms with van der Waals surface area (Å²) in [4.78, 5) is 38.1. The van der Waals surface area contributed by atoms with Gasteiger partial charge in [0.2, 0.25) is 5.91 Å². The third-order valence-corrected chi connectivity index (χ3v) is 4.37. The molecule has 0 saturated carbocycles. The van der Waals surface area contributed by atoms with Crippen LogP contribution in [0.1, 0.15) is 39.2 Å². The highest BCUT2D eigenvalue weighted by molar-refractivity contribution is 6.09. The quantitative estimate of drug-likeness (QED) is 0.736. The van der Waals surface area contributed by atoms with Gasteiger partial charge >= 0.3 is 6.03 Å². The Bertz CT molecular complexity index is 659. The normalized spacial score (nSPS) is 21.0. The molecule has 1 fully saturated rings. The molecule has 1 heterocycles. The van der Waals surface area contributed by atoms with Crippen molar-refractivity contribution < 1.29 is 19.1 Å². The monoisotopic (exact) mass is 347 g/mol. The zero-order valence-electron chi connectivity index (χ0n) is 15.1. The molecule has 1 saturated heterocycles. The predicted molar refractivity (Wildman–Crippen MR) is 93.1 cm³/mol. The minimum absolute atomic E-state index is 0.00578. The highest BCUT2D eigenvalue weighted by Gasteiger charge is 2.49. The molecular formula is C18H25N3O4. The number of methoxy groups -OCH3 is 1. The lowest BCUT2D eigenvalue weighted by atomic mass is 9.92. The summed E-state index contributed by atoms with van der Waals surface area (Å²) >= 11 is 0. The Labute approximate surface area is 147 Å². The van der Waals surface area contributed by atoms with E-state index in [0.717, 1.165) is 17.7 Å². The molecule has 0 aromatic heterocycles. The molecule has 1 aromatic carbocycles. The zero-order chi connectivity index (χ0) is 18.6. The summed E-state index contributed by atoms with van der Waals surface area (Å²) in [5.41, 5.74) is -0.563. The van der Waals surface area contributed by atoms with Crippen molar-refractivity contribution in [1.29, 1.82) is 0 Å². The van der Waals surface area contributed by atoms with Crippen LogP contribution in [0.2, 0.25) is 0 Å². The summed E-state index contributed by atoms with van der Waals surface area (Å²) in [6.45, 7) is 5.27. The van der Waals surface area contributed by atoms with Crippen LogP contribution in [0.25, 0.3) is 0 Å². The first-order chi connectivity index (χ1) is 11.8. The Hall–Kier alpha value is -2.57. The molecule has 7 heteroatoms. The van der Waals surface area contributed by atoms with Crippen LogP contribution in [0.5, 0.6) is 5.75 Å². The Morgan fingerprint density at radius 1 is 1.32 bits per heavy atom. The van der Waals surface area contributed by atoms with Gasteiger partial charge in [-0.2, -0.15) is 0 Å². The first-order valence-corrected chi connectivity index (χ1v) is 8.39. The van der Waals surface area contributed by atoms with Crippen molar-refractivity contribution in [3.63, 3.8) is 0 Å². The molecule has 2 atom stereocenters. The van der Waals surface area contributed by atoms with E-state index in [9.17, 15) is 14.4 Å². The Kier molecular flexibility index (Phi) is 5.66. The van der Waals surface area contributed by atoms with E-state index in [1.165, 1.54) is 0 Å². The van der Waals surface area contributed by atoms with Gasteiger partial charge in [-0.3, -0.25) is 14.5 Å². The number of carbonyl (C=O) groups excluding carboxylic acids is 3. The highest BCUT2D eigenvalue weighted by Crippen LogP contribution is 2.29. The molecule has 1 aliphatic heterocycles. The number of hydrogen-bond acceptors (Lipinski definition) is 4. The fourth-order valence-electron chi connectivity index (χ4n) is 2.93. The molecule has 7 nitrogen and oxygen atoms in total. The van der Waals surface area contributed by atoms with Gasteiger partial charge in [0.25, 0.3) is 5.91 Å². The molecule has 0 bridgehead atoms. The highest BCUT2D eigenvalue weighted by atomic mass is 16.5. The molecule has 4 amide bonds. The molecule has 2 unspecified atom stereocenters. The maximum Gasteiger partial charge on any atom is 0.325 e. The molecular weight excluding hydrogens is 322 g/mol. The second kappa shape index (κ2) is 7.55. The minimum atomic E-state index is -1.20. The molecule has 136 valence electrons. The number of carbonyl (C=O) groups is 3. The lowest BCUT2D eigenvalue weighted by molar-refractivity contribution is -0.135. The Morgan fingerprint density at radius 2 is 1.96 bits per heavy atom. The van der Waals surface area contributed by atoms with E-state index in [0.29, 0.717) is 11.3 Å². The van der Waals surface area contributed by atoms with Gasteiger partial charge in [0, 0.05) is 6.04 Å². The van der Waals surface area contributed by atoms with E-state index in [4.69, 9.17) is 4.74 Å². The molecule has 1 aromatic rings. The third-order valence-electron chi connectivity index (χ3n) is 4.37. The molecule has 25 heavy (non-hydrogen) atoms. The van der Waals surface area contributed by atoms with Crippen LogP contribution in [0.4, 0.5) is 4.79 Å². The third kappa shape index (κ3) is 3.92. The largest absolute Gasteiger partial charge is 0.497 e. The van der Waals surface area contributed by atoms with Crippen LogP contribution in [0, 0.1) is 0 Å². The van der Waals surface area contributed by atoms with Crippen LogP contribution in [-0.4, -0.2) is 42.4 Å². The van der Waals surface area contributed by atoms with Crippen molar-refractivity contribution in [1.82, 2.24) is 15.5 Å². The molecule has 2 N–H and O–H groups in total. The Morgan fingerprint density at radius 3 is 2.52 bits per heavy atom. The fraction of sp³-hybridized carbons (Fsp3) is 0.500. The number of nitrogens with one attached hydrogen (secondary N) is 2. The SMILES string of the molecule is CCCC(C)NC(=O)CN1C(=O)NC(C)(c2ccc(OC)cc2)C1=O. The number of urea groups is 1. The average Bonchev–Trinajstić information content (AvgIpc) is 2.79. The van der Waals surface area contributed by atoms with Gasteiger partial charge < -0.3 is 15.4 Å². The van der Waals surface area contributed by atoms with Gasteiger partial charge in [-0.25, -0.2) is 4.79 Å². The minimum Gasteiger partial charge on any atom is -0.497 e. The van der Waals surface area contributed by atoms with E-state index in [-0.39, 0.29) is 18.5 Å². The van der Waals surface area contributed by atoms with Gasteiger partial charge in [0.1, 0.15) is 17.8 Å². The van der Waals surface area contributed by atoms with Crippen molar-refractivity contribution in [2.75, 3.05) is 13.7 Å². The summed E-state index contributed by atoms with van der Waals surface area (Å²) in [5.74, 6) is -0.130. The maximum atomic E-state index is 12.8. The van der Waals surface area contributed by atoms with Gasteiger partial charge in [0.05, 0.1) is 7.11 Å². The zero-order valence-corrected chi connectivity index (χ0v) is 15.1. The lowest BCUT2D eigenvalue weighted by Gasteiger charge is -2.22. The van der Waals surface area contributed by atoms with Gasteiger partial charge in [-0.05, 0) is 38.0 Å². The van der Waals surface area contributed by atoms with Crippen molar-refractivity contribution in [3.05, 3.63) is 29.8 Å². The summed E-state index contributed by atoms with van der Waals surface area (Å²) < 4.78 is 5.11. The second-order valence-electron chi connectivity index (χ2n) is 6.43. The summed E-state index contributed by atoms with van der Waals surface area (Å²) in [6.07, 6.45) is 1.79. The number of hydrogen-bond donors (Lipinski definition) is 2. The van der Waals surface area contributed by atoms with Crippen LogP contribution < -0.4 is 15.4 Å².